The van der Waals surface area contributed by atoms with Gasteiger partial charge in [-0.15, -0.1) is 0 Å². The fraction of sp³-hybridized carbons (Fsp3) is 0.222. The molecule has 0 aliphatic carbocycles. The molecule has 0 saturated carbocycles. The molecule has 1 aromatic rings. The molecule has 1 rings (SSSR count). The van der Waals surface area contributed by atoms with E-state index in [0.29, 0.717) is 5.69 Å². The number of aryl methyl sites for hydroxylation is 1. The van der Waals surface area contributed by atoms with Crippen molar-refractivity contribution in [1.29, 1.82) is 0 Å². The van der Waals surface area contributed by atoms with Crippen LogP contribution in [0.2, 0.25) is 0 Å². The third-order valence-electron chi connectivity index (χ3n) is 1.73. The van der Waals surface area contributed by atoms with Gasteiger partial charge >= 0.3 is 0 Å². The third-order valence-corrected chi connectivity index (χ3v) is 1.83. The number of phenols is 1. The molecule has 0 aromatic heterocycles. The third kappa shape index (κ3) is 2.59. The number of phenolic OH excluding ortho intramolecular Hbond substituents is 1. The highest BCUT2D eigenvalue weighted by atomic mass is 32.1. The number of hydrogen-bond acceptors (Lipinski definition) is 2. The van der Waals surface area contributed by atoms with Gasteiger partial charge in [-0.1, -0.05) is 13.0 Å². The van der Waals surface area contributed by atoms with Crippen molar-refractivity contribution in [2.75, 3.05) is 5.32 Å². The lowest BCUT2D eigenvalue weighted by Crippen LogP contribution is -2.19. The Hall–Kier alpha value is -1.29. The van der Waals surface area contributed by atoms with E-state index in [-0.39, 0.29) is 10.9 Å². The van der Waals surface area contributed by atoms with Gasteiger partial charge in [-0.25, -0.2) is 0 Å². The Bertz CT molecular complexity index is 325. The van der Waals surface area contributed by atoms with Crippen molar-refractivity contribution in [3.63, 3.8) is 0 Å². The summed E-state index contributed by atoms with van der Waals surface area (Å²) < 4.78 is 0. The number of hydrogen-bond donors (Lipinski definition) is 3. The first-order valence-electron chi connectivity index (χ1n) is 4.02. The predicted octanol–water partition coefficient (Wildman–Crippen LogP) is 1.61. The first kappa shape index (κ1) is 9.80. The van der Waals surface area contributed by atoms with Crippen molar-refractivity contribution in [3.8, 4) is 5.75 Å². The topological polar surface area (TPSA) is 58.3 Å². The summed E-state index contributed by atoms with van der Waals surface area (Å²) in [6.45, 7) is 2.04. The van der Waals surface area contributed by atoms with E-state index in [4.69, 9.17) is 5.73 Å². The molecule has 4 heteroatoms. The largest absolute Gasteiger partial charge is 0.506 e. The highest BCUT2D eigenvalue weighted by Crippen LogP contribution is 2.23. The Balaban J connectivity index is 2.96. The smallest absolute Gasteiger partial charge is 0.168 e. The average Bonchev–Trinajstić information content (AvgIpc) is 2.08. The molecule has 0 fully saturated rings. The fourth-order valence-corrected chi connectivity index (χ4v) is 1.15. The second-order valence-corrected chi connectivity index (χ2v) is 3.13. The second-order valence-electron chi connectivity index (χ2n) is 2.69. The van der Waals surface area contributed by atoms with Crippen LogP contribution < -0.4 is 11.1 Å². The van der Waals surface area contributed by atoms with Gasteiger partial charge in [0, 0.05) is 0 Å². The molecule has 0 unspecified atom stereocenters. The Labute approximate surface area is 82.6 Å². The zero-order valence-corrected chi connectivity index (χ0v) is 8.19. The molecule has 4 N–H and O–H groups in total. The van der Waals surface area contributed by atoms with Crippen LogP contribution in [0.25, 0.3) is 0 Å². The summed E-state index contributed by atoms with van der Waals surface area (Å²) in [6.07, 6.45) is 0.909. The number of thiocarbonyl (C=S) groups is 1. The van der Waals surface area contributed by atoms with Gasteiger partial charge in [-0.3, -0.25) is 0 Å². The molecule has 1 aromatic carbocycles. The van der Waals surface area contributed by atoms with Crippen molar-refractivity contribution in [1.82, 2.24) is 0 Å². The van der Waals surface area contributed by atoms with E-state index in [1.54, 1.807) is 6.07 Å². The molecule has 0 atom stereocenters. The Morgan fingerprint density at radius 3 is 2.85 bits per heavy atom. The van der Waals surface area contributed by atoms with Crippen molar-refractivity contribution in [2.24, 2.45) is 5.73 Å². The van der Waals surface area contributed by atoms with Gasteiger partial charge in [-0.2, -0.15) is 0 Å². The normalized spacial score (nSPS) is 9.62. The standard InChI is InChI=1S/C9H12N2OS/c1-2-6-3-4-8(12)7(5-6)11-9(10)13/h3-5,12H,2H2,1H3,(H3,10,11,13). The van der Waals surface area contributed by atoms with Crippen LogP contribution in [0.1, 0.15) is 12.5 Å². The molecule has 0 bridgehead atoms. The maximum atomic E-state index is 9.40. The van der Waals surface area contributed by atoms with Crippen LogP contribution in [0.3, 0.4) is 0 Å². The monoisotopic (exact) mass is 196 g/mol. The van der Waals surface area contributed by atoms with E-state index in [1.807, 2.05) is 19.1 Å². The van der Waals surface area contributed by atoms with Crippen LogP contribution in [-0.4, -0.2) is 10.2 Å². The molecule has 0 aliphatic rings. The van der Waals surface area contributed by atoms with E-state index in [2.05, 4.69) is 17.5 Å². The van der Waals surface area contributed by atoms with Gasteiger partial charge in [0.05, 0.1) is 5.69 Å². The van der Waals surface area contributed by atoms with Crippen molar-refractivity contribution < 1.29 is 5.11 Å². The zero-order chi connectivity index (χ0) is 9.84. The maximum Gasteiger partial charge on any atom is 0.168 e. The van der Waals surface area contributed by atoms with Crippen molar-refractivity contribution in [2.45, 2.75) is 13.3 Å². The number of nitrogens with two attached hydrogens (primary N) is 1. The molecule has 0 amide bonds. The van der Waals surface area contributed by atoms with Crippen LogP contribution in [0.4, 0.5) is 5.69 Å². The lowest BCUT2D eigenvalue weighted by atomic mass is 10.1. The molecular formula is C9H12N2OS. The highest BCUT2D eigenvalue weighted by Gasteiger charge is 2.01. The molecule has 0 aliphatic heterocycles. The van der Waals surface area contributed by atoms with Crippen LogP contribution in [0.5, 0.6) is 5.75 Å². The molecule has 0 saturated heterocycles. The maximum absolute atomic E-state index is 9.40. The van der Waals surface area contributed by atoms with Crippen LogP contribution in [-0.2, 0) is 6.42 Å². The summed E-state index contributed by atoms with van der Waals surface area (Å²) in [7, 11) is 0. The number of aromatic hydroxyl groups is 1. The van der Waals surface area contributed by atoms with Crippen molar-refractivity contribution >= 4 is 23.0 Å². The van der Waals surface area contributed by atoms with Gasteiger partial charge < -0.3 is 16.2 Å². The first-order valence-corrected chi connectivity index (χ1v) is 4.42. The number of benzene rings is 1. The first-order chi connectivity index (χ1) is 6.13. The summed E-state index contributed by atoms with van der Waals surface area (Å²) >= 11 is 4.67. The van der Waals surface area contributed by atoms with Crippen LogP contribution in [0.15, 0.2) is 18.2 Å². The van der Waals surface area contributed by atoms with E-state index in [0.717, 1.165) is 12.0 Å². The summed E-state index contributed by atoms with van der Waals surface area (Å²) in [5.74, 6) is 0.157. The number of rotatable bonds is 2. The molecule has 0 spiro atoms. The zero-order valence-electron chi connectivity index (χ0n) is 7.37. The van der Waals surface area contributed by atoms with Gasteiger partial charge in [0.2, 0.25) is 0 Å². The lowest BCUT2D eigenvalue weighted by molar-refractivity contribution is 0.477. The summed E-state index contributed by atoms with van der Waals surface area (Å²) in [6, 6.07) is 5.31. The minimum atomic E-state index is 0.156. The molecule has 70 valence electrons. The lowest BCUT2D eigenvalue weighted by Gasteiger charge is -2.07. The van der Waals surface area contributed by atoms with Gasteiger partial charge in [0.15, 0.2) is 5.11 Å². The van der Waals surface area contributed by atoms with Crippen molar-refractivity contribution in [3.05, 3.63) is 23.8 Å². The molecule has 0 heterocycles. The number of nitrogens with one attached hydrogen (secondary N) is 1. The molecule has 13 heavy (non-hydrogen) atoms. The van der Waals surface area contributed by atoms with E-state index in [9.17, 15) is 5.11 Å². The van der Waals surface area contributed by atoms with Crippen LogP contribution in [0, 0.1) is 0 Å². The van der Waals surface area contributed by atoms with Gasteiger partial charge in [0.25, 0.3) is 0 Å². The quantitative estimate of drug-likeness (QED) is 0.497. The second kappa shape index (κ2) is 4.09. The number of anilines is 1. The highest BCUT2D eigenvalue weighted by molar-refractivity contribution is 7.80. The molecular weight excluding hydrogens is 184 g/mol. The van der Waals surface area contributed by atoms with E-state index in [1.165, 1.54) is 0 Å². The SMILES string of the molecule is CCc1ccc(O)c(NC(N)=S)c1. The Morgan fingerprint density at radius 2 is 2.31 bits per heavy atom. The summed E-state index contributed by atoms with van der Waals surface area (Å²) in [4.78, 5) is 0. The average molecular weight is 196 g/mol. The van der Waals surface area contributed by atoms with Gasteiger partial charge in [-0.05, 0) is 36.3 Å². The molecule has 3 nitrogen and oxygen atoms in total. The molecule has 0 radical (unpaired) electrons. The van der Waals surface area contributed by atoms with Crippen LogP contribution >= 0.6 is 12.2 Å². The minimum Gasteiger partial charge on any atom is -0.506 e. The van der Waals surface area contributed by atoms with E-state index < -0.39 is 0 Å². The minimum absolute atomic E-state index is 0.156. The van der Waals surface area contributed by atoms with Gasteiger partial charge in [0.1, 0.15) is 5.75 Å². The predicted molar refractivity (Wildman–Crippen MR) is 57.9 cm³/mol. The fourth-order valence-electron chi connectivity index (χ4n) is 1.04. The Kier molecular flexibility index (Phi) is 3.08. The van der Waals surface area contributed by atoms with E-state index >= 15 is 0 Å². The summed E-state index contributed by atoms with van der Waals surface area (Å²) in [5, 5.41) is 12.3. The summed E-state index contributed by atoms with van der Waals surface area (Å²) in [5.41, 5.74) is 6.98. The Morgan fingerprint density at radius 1 is 1.62 bits per heavy atom.